The van der Waals surface area contributed by atoms with Crippen molar-refractivity contribution in [2.75, 3.05) is 6.61 Å². The summed E-state index contributed by atoms with van der Waals surface area (Å²) in [5, 5.41) is 41.3. The molecule has 0 aromatic heterocycles. The summed E-state index contributed by atoms with van der Waals surface area (Å²) in [4.78, 5) is 0. The minimum Gasteiger partial charge on any atom is -0.394 e. The van der Waals surface area contributed by atoms with Crippen molar-refractivity contribution >= 4 is 11.6 Å². The topological polar surface area (TPSA) is 99.4 Å². The molecule has 5 atom stereocenters. The van der Waals surface area contributed by atoms with E-state index < -0.39 is 36.8 Å². The Labute approximate surface area is 187 Å². The number of aliphatic hydroxyl groups is 4. The lowest BCUT2D eigenvalue weighted by Gasteiger charge is -2.46. The summed E-state index contributed by atoms with van der Waals surface area (Å²) < 4.78 is 11.6. The van der Waals surface area contributed by atoms with Crippen LogP contribution in [0.3, 0.4) is 0 Å². The fraction of sp³-hybridized carbons (Fsp3) is 0.500. The normalized spacial score (nSPS) is 30.6. The molecule has 1 unspecified atom stereocenters. The summed E-state index contributed by atoms with van der Waals surface area (Å²) >= 11 is 6.54. The van der Waals surface area contributed by atoms with E-state index in [1.54, 1.807) is 6.07 Å². The summed E-state index contributed by atoms with van der Waals surface area (Å²) in [6, 6.07) is 12.0. The van der Waals surface area contributed by atoms with Gasteiger partial charge in [-0.2, -0.15) is 0 Å². The van der Waals surface area contributed by atoms with Gasteiger partial charge in [-0.25, -0.2) is 0 Å². The van der Waals surface area contributed by atoms with Crippen LogP contribution in [0.2, 0.25) is 5.02 Å². The monoisotopic (exact) mass is 448 g/mol. The van der Waals surface area contributed by atoms with E-state index in [-0.39, 0.29) is 12.0 Å². The smallest absolute Gasteiger partial charge is 0.225 e. The van der Waals surface area contributed by atoms with Gasteiger partial charge in [-0.3, -0.25) is 0 Å². The van der Waals surface area contributed by atoms with Gasteiger partial charge in [-0.15, -0.1) is 0 Å². The lowest BCUT2D eigenvalue weighted by atomic mass is 9.85. The van der Waals surface area contributed by atoms with Crippen LogP contribution in [-0.4, -0.2) is 51.4 Å². The Morgan fingerprint density at radius 1 is 1.06 bits per heavy atom. The summed E-state index contributed by atoms with van der Waals surface area (Å²) in [6.07, 6.45) is -5.00. The predicted molar refractivity (Wildman–Crippen MR) is 116 cm³/mol. The Morgan fingerprint density at radius 3 is 2.35 bits per heavy atom. The van der Waals surface area contributed by atoms with Crippen molar-refractivity contribution in [3.8, 4) is 0 Å². The standard InChI is InChI=1S/C24H29ClO6/c1-23(2,3)16-6-4-13(5-7-16)8-14-9-17-15(10-18(14)25)12-30-24(17)22(29)21(28)20(27)19(11-26)31-24/h4-7,9-10,19-22,26-29H,8,11-12H2,1-3H3/t19-,20-,21+,22-,24?/m1/s1. The minimum atomic E-state index is -1.67. The first kappa shape index (κ1) is 22.7. The Kier molecular flexibility index (Phi) is 5.94. The number of benzene rings is 2. The Hall–Kier alpha value is -1.51. The maximum absolute atomic E-state index is 10.7. The molecule has 4 N–H and O–H groups in total. The fourth-order valence-corrected chi connectivity index (χ4v) is 4.58. The van der Waals surface area contributed by atoms with E-state index in [1.807, 2.05) is 6.07 Å². The van der Waals surface area contributed by atoms with E-state index in [0.29, 0.717) is 17.0 Å². The largest absolute Gasteiger partial charge is 0.394 e. The molecule has 2 heterocycles. The molecule has 0 radical (unpaired) electrons. The number of hydrogen-bond donors (Lipinski definition) is 4. The van der Waals surface area contributed by atoms with Crippen molar-refractivity contribution in [2.24, 2.45) is 0 Å². The molecular formula is C24H29ClO6. The van der Waals surface area contributed by atoms with Crippen LogP contribution in [0.5, 0.6) is 0 Å². The van der Waals surface area contributed by atoms with Crippen molar-refractivity contribution in [3.05, 3.63) is 69.2 Å². The van der Waals surface area contributed by atoms with Gasteiger partial charge in [0.2, 0.25) is 5.79 Å². The number of rotatable bonds is 3. The molecular weight excluding hydrogens is 420 g/mol. The summed E-state index contributed by atoms with van der Waals surface area (Å²) in [7, 11) is 0. The van der Waals surface area contributed by atoms with E-state index >= 15 is 0 Å². The molecule has 4 rings (SSSR count). The molecule has 6 nitrogen and oxygen atoms in total. The van der Waals surface area contributed by atoms with Crippen LogP contribution in [0.1, 0.15) is 48.6 Å². The van der Waals surface area contributed by atoms with Crippen molar-refractivity contribution < 1.29 is 29.9 Å². The Morgan fingerprint density at radius 2 is 1.74 bits per heavy atom. The van der Waals surface area contributed by atoms with Crippen LogP contribution in [0.4, 0.5) is 0 Å². The average Bonchev–Trinajstić information content (AvgIpc) is 3.07. The highest BCUT2D eigenvalue weighted by molar-refractivity contribution is 6.31. The van der Waals surface area contributed by atoms with Gasteiger partial charge < -0.3 is 29.9 Å². The minimum absolute atomic E-state index is 0.0660. The predicted octanol–water partition coefficient (Wildman–Crippen LogP) is 2.39. The zero-order valence-electron chi connectivity index (χ0n) is 17.9. The molecule has 0 saturated carbocycles. The molecule has 2 aromatic rings. The van der Waals surface area contributed by atoms with Gasteiger partial charge >= 0.3 is 0 Å². The molecule has 31 heavy (non-hydrogen) atoms. The van der Waals surface area contributed by atoms with Gasteiger partial charge in [0.25, 0.3) is 0 Å². The third-order valence-corrected chi connectivity index (χ3v) is 6.61. The molecule has 2 aliphatic rings. The summed E-state index contributed by atoms with van der Waals surface area (Å²) in [6.45, 7) is 6.11. The zero-order chi connectivity index (χ0) is 22.6. The van der Waals surface area contributed by atoms with Crippen molar-refractivity contribution in [3.63, 3.8) is 0 Å². The first-order valence-corrected chi connectivity index (χ1v) is 10.8. The molecule has 2 aliphatic heterocycles. The summed E-state index contributed by atoms with van der Waals surface area (Å²) in [5.41, 5.74) is 4.50. The van der Waals surface area contributed by atoms with E-state index in [4.69, 9.17) is 21.1 Å². The summed E-state index contributed by atoms with van der Waals surface area (Å²) in [5.74, 6) is -1.67. The first-order chi connectivity index (χ1) is 14.6. The number of ether oxygens (including phenoxy) is 2. The van der Waals surface area contributed by atoms with Crippen molar-refractivity contribution in [1.82, 2.24) is 0 Å². The lowest BCUT2D eigenvalue weighted by molar-refractivity contribution is -0.368. The van der Waals surface area contributed by atoms with Gasteiger partial charge in [-0.1, -0.05) is 56.6 Å². The third kappa shape index (κ3) is 3.91. The second-order valence-corrected chi connectivity index (χ2v) is 9.85. The molecule has 7 heteroatoms. The second kappa shape index (κ2) is 8.12. The van der Waals surface area contributed by atoms with Crippen LogP contribution < -0.4 is 0 Å². The molecule has 1 fully saturated rings. The highest BCUT2D eigenvalue weighted by atomic mass is 35.5. The van der Waals surface area contributed by atoms with Gasteiger partial charge in [0.05, 0.1) is 13.2 Å². The Balaban J connectivity index is 1.68. The number of hydrogen-bond acceptors (Lipinski definition) is 6. The molecule has 2 aromatic carbocycles. The number of aliphatic hydroxyl groups excluding tert-OH is 4. The van der Waals surface area contributed by atoms with Crippen LogP contribution in [-0.2, 0) is 33.7 Å². The second-order valence-electron chi connectivity index (χ2n) is 9.45. The van der Waals surface area contributed by atoms with Crippen molar-refractivity contribution in [2.45, 2.75) is 69.4 Å². The maximum Gasteiger partial charge on any atom is 0.225 e. The number of halogens is 1. The highest BCUT2D eigenvalue weighted by Gasteiger charge is 2.58. The van der Waals surface area contributed by atoms with Gasteiger partial charge in [0, 0.05) is 10.6 Å². The van der Waals surface area contributed by atoms with Crippen LogP contribution in [0, 0.1) is 0 Å². The number of fused-ring (bicyclic) bond motifs is 2. The van der Waals surface area contributed by atoms with E-state index in [9.17, 15) is 20.4 Å². The molecule has 0 aliphatic carbocycles. The van der Waals surface area contributed by atoms with E-state index in [2.05, 4.69) is 45.0 Å². The van der Waals surface area contributed by atoms with Crippen LogP contribution >= 0.6 is 11.6 Å². The fourth-order valence-electron chi connectivity index (χ4n) is 4.33. The van der Waals surface area contributed by atoms with Gasteiger partial charge in [-0.05, 0) is 46.2 Å². The van der Waals surface area contributed by atoms with E-state index in [0.717, 1.165) is 16.7 Å². The Bertz CT molecular complexity index is 952. The molecule has 0 amide bonds. The van der Waals surface area contributed by atoms with Crippen LogP contribution in [0.25, 0.3) is 0 Å². The lowest BCUT2D eigenvalue weighted by Crippen LogP contribution is -2.63. The molecule has 168 valence electrons. The quantitative estimate of drug-likeness (QED) is 0.575. The SMILES string of the molecule is CC(C)(C)c1ccc(Cc2cc3c(cc2Cl)COC32O[C@H](CO)[C@@H](O)[C@H](O)[C@H]2O)cc1. The molecule has 0 bridgehead atoms. The average molecular weight is 449 g/mol. The first-order valence-electron chi connectivity index (χ1n) is 10.4. The zero-order valence-corrected chi connectivity index (χ0v) is 18.6. The van der Waals surface area contributed by atoms with Crippen LogP contribution in [0.15, 0.2) is 36.4 Å². The van der Waals surface area contributed by atoms with Gasteiger partial charge in [0.1, 0.15) is 24.4 Å². The van der Waals surface area contributed by atoms with Crippen molar-refractivity contribution in [1.29, 1.82) is 0 Å². The van der Waals surface area contributed by atoms with E-state index in [1.165, 1.54) is 5.56 Å². The molecule has 1 saturated heterocycles. The molecule has 1 spiro atoms. The van der Waals surface area contributed by atoms with Gasteiger partial charge in [0.15, 0.2) is 0 Å². The highest BCUT2D eigenvalue weighted by Crippen LogP contribution is 2.47. The maximum atomic E-state index is 10.7. The third-order valence-electron chi connectivity index (χ3n) is 6.25.